The second kappa shape index (κ2) is 5.59. The molecule has 0 aliphatic heterocycles. The highest BCUT2D eigenvalue weighted by molar-refractivity contribution is 9.10. The summed E-state index contributed by atoms with van der Waals surface area (Å²) in [7, 11) is 0. The highest BCUT2D eigenvalue weighted by Crippen LogP contribution is 2.18. The molecule has 1 aromatic rings. The lowest BCUT2D eigenvalue weighted by Gasteiger charge is -2.17. The van der Waals surface area contributed by atoms with Crippen molar-refractivity contribution < 1.29 is 4.79 Å². The molecule has 0 aliphatic rings. The van der Waals surface area contributed by atoms with Crippen molar-refractivity contribution in [3.63, 3.8) is 0 Å². The van der Waals surface area contributed by atoms with Gasteiger partial charge in [0.2, 0.25) is 0 Å². The maximum absolute atomic E-state index is 11.3. The van der Waals surface area contributed by atoms with Crippen LogP contribution in [-0.2, 0) is 0 Å². The Morgan fingerprint density at radius 2 is 2.13 bits per heavy atom. The fourth-order valence-electron chi connectivity index (χ4n) is 1.02. The van der Waals surface area contributed by atoms with E-state index in [0.29, 0.717) is 5.69 Å². The monoisotopic (exact) mass is 287 g/mol. The van der Waals surface area contributed by atoms with Gasteiger partial charge in [0.05, 0.1) is 6.07 Å². The lowest BCUT2D eigenvalue weighted by molar-refractivity contribution is 0.252. The molecule has 4 nitrogen and oxygen atoms in total. The summed E-state index contributed by atoms with van der Waals surface area (Å²) in [4.78, 5) is 14.5. The lowest BCUT2D eigenvalue weighted by Crippen LogP contribution is -2.36. The van der Waals surface area contributed by atoms with E-state index in [1.165, 1.54) is 4.90 Å². The third kappa shape index (κ3) is 3.11. The average Bonchev–Trinajstić information content (AvgIpc) is 2.26. The molecule has 6 heteroatoms. The van der Waals surface area contributed by atoms with Crippen LogP contribution in [0.25, 0.3) is 0 Å². The number of halogens is 2. The van der Waals surface area contributed by atoms with E-state index >= 15 is 0 Å². The van der Waals surface area contributed by atoms with Crippen molar-refractivity contribution in [2.75, 3.05) is 11.4 Å². The summed E-state index contributed by atoms with van der Waals surface area (Å²) in [6, 6.07) is 8.35. The first kappa shape index (κ1) is 11.8. The van der Waals surface area contributed by atoms with Crippen LogP contribution in [0.4, 0.5) is 10.5 Å². The van der Waals surface area contributed by atoms with E-state index in [1.807, 2.05) is 10.9 Å². The zero-order valence-electron chi connectivity index (χ0n) is 7.58. The molecular formula is C9H7BrClN3O. The predicted molar refractivity (Wildman–Crippen MR) is 61.5 cm³/mol. The highest BCUT2D eigenvalue weighted by Gasteiger charge is 2.13. The zero-order valence-corrected chi connectivity index (χ0v) is 9.92. The molecular weight excluding hydrogens is 281 g/mol. The number of hydrogen-bond acceptors (Lipinski definition) is 2. The second-order valence-corrected chi connectivity index (χ2v) is 3.72. The molecule has 0 unspecified atom stereocenters. The molecule has 1 N–H and O–H groups in total. The predicted octanol–water partition coefficient (Wildman–Crippen LogP) is 2.64. The molecule has 0 aromatic heterocycles. The van der Waals surface area contributed by atoms with Crippen molar-refractivity contribution >= 4 is 39.4 Å². The van der Waals surface area contributed by atoms with Crippen LogP contribution in [0.3, 0.4) is 0 Å². The van der Waals surface area contributed by atoms with Gasteiger partial charge in [-0.2, -0.15) is 5.26 Å². The summed E-state index contributed by atoms with van der Waals surface area (Å²) in [5, 5.41) is 8.57. The first-order valence-electron chi connectivity index (χ1n) is 3.99. The van der Waals surface area contributed by atoms with Gasteiger partial charge in [-0.25, -0.2) is 9.63 Å². The van der Waals surface area contributed by atoms with Crippen LogP contribution in [-0.4, -0.2) is 12.6 Å². The summed E-state index contributed by atoms with van der Waals surface area (Å²) in [5.41, 5.74) is 0.609. The molecule has 15 heavy (non-hydrogen) atoms. The molecule has 0 fully saturated rings. The molecule has 0 saturated heterocycles. The molecule has 0 heterocycles. The van der Waals surface area contributed by atoms with Crippen molar-refractivity contribution in [3.05, 3.63) is 28.7 Å². The number of anilines is 1. The Balaban J connectivity index is 2.94. The molecule has 2 amide bonds. The van der Waals surface area contributed by atoms with Crippen molar-refractivity contribution in [2.24, 2.45) is 0 Å². The number of amides is 2. The number of urea groups is 1. The Hall–Kier alpha value is -1.25. The minimum Gasteiger partial charge on any atom is -0.280 e. The van der Waals surface area contributed by atoms with Gasteiger partial charge in [0.1, 0.15) is 6.54 Å². The standard InChI is InChI=1S/C9H7BrClN3O/c10-7-1-3-8(4-2-7)14(6-5-12)9(15)13-11/h1-4H,6H2,(H,13,15). The van der Waals surface area contributed by atoms with Gasteiger partial charge < -0.3 is 0 Å². The Bertz CT molecular complexity index is 387. The van der Waals surface area contributed by atoms with E-state index in [1.54, 1.807) is 24.3 Å². The van der Waals surface area contributed by atoms with Gasteiger partial charge in [0, 0.05) is 21.9 Å². The average molecular weight is 289 g/mol. The Kier molecular flexibility index (Phi) is 4.40. The largest absolute Gasteiger partial charge is 0.337 e. The van der Waals surface area contributed by atoms with Crippen LogP contribution < -0.4 is 9.74 Å². The van der Waals surface area contributed by atoms with E-state index in [-0.39, 0.29) is 6.54 Å². The minimum absolute atomic E-state index is 0.0554. The minimum atomic E-state index is -0.527. The Labute approximate surface area is 101 Å². The van der Waals surface area contributed by atoms with E-state index in [0.717, 1.165) is 4.47 Å². The van der Waals surface area contributed by atoms with Crippen LogP contribution in [0, 0.1) is 11.3 Å². The number of nitriles is 1. The number of nitrogens with one attached hydrogen (secondary N) is 1. The molecule has 0 bridgehead atoms. The molecule has 78 valence electrons. The number of carbonyl (C=O) groups excluding carboxylic acids is 1. The number of benzene rings is 1. The van der Waals surface area contributed by atoms with Crippen LogP contribution in [0.15, 0.2) is 28.7 Å². The molecule has 0 saturated carbocycles. The fourth-order valence-corrected chi connectivity index (χ4v) is 1.39. The van der Waals surface area contributed by atoms with Crippen molar-refractivity contribution in [1.82, 2.24) is 4.84 Å². The van der Waals surface area contributed by atoms with Crippen LogP contribution >= 0.6 is 27.7 Å². The van der Waals surface area contributed by atoms with E-state index in [4.69, 9.17) is 17.0 Å². The fraction of sp³-hybridized carbons (Fsp3) is 0.111. The number of hydrogen-bond donors (Lipinski definition) is 1. The van der Waals surface area contributed by atoms with Gasteiger partial charge in [-0.15, -0.1) is 0 Å². The normalized spacial score (nSPS) is 9.13. The van der Waals surface area contributed by atoms with E-state index in [2.05, 4.69) is 15.9 Å². The summed E-state index contributed by atoms with van der Waals surface area (Å²) in [6.45, 7) is -0.0554. The van der Waals surface area contributed by atoms with Crippen LogP contribution in [0.1, 0.15) is 0 Å². The van der Waals surface area contributed by atoms with E-state index in [9.17, 15) is 4.79 Å². The van der Waals surface area contributed by atoms with Crippen LogP contribution in [0.2, 0.25) is 0 Å². The summed E-state index contributed by atoms with van der Waals surface area (Å²) >= 11 is 8.48. The molecule has 1 aromatic carbocycles. The first-order chi connectivity index (χ1) is 7.19. The molecule has 0 aliphatic carbocycles. The Morgan fingerprint density at radius 3 is 2.60 bits per heavy atom. The first-order valence-corrected chi connectivity index (χ1v) is 5.17. The third-order valence-electron chi connectivity index (χ3n) is 1.69. The summed E-state index contributed by atoms with van der Waals surface area (Å²) < 4.78 is 0.898. The number of carbonyl (C=O) groups is 1. The van der Waals surface area contributed by atoms with Gasteiger partial charge in [0.15, 0.2) is 0 Å². The highest BCUT2D eigenvalue weighted by atomic mass is 79.9. The van der Waals surface area contributed by atoms with Crippen LogP contribution in [0.5, 0.6) is 0 Å². The number of rotatable bonds is 2. The molecule has 0 radical (unpaired) electrons. The van der Waals surface area contributed by atoms with Gasteiger partial charge in [-0.3, -0.25) is 4.90 Å². The van der Waals surface area contributed by atoms with Gasteiger partial charge >= 0.3 is 6.03 Å². The topological polar surface area (TPSA) is 56.1 Å². The quantitative estimate of drug-likeness (QED) is 0.672. The Morgan fingerprint density at radius 1 is 1.53 bits per heavy atom. The van der Waals surface area contributed by atoms with Crippen molar-refractivity contribution in [3.8, 4) is 6.07 Å². The third-order valence-corrected chi connectivity index (χ3v) is 2.38. The van der Waals surface area contributed by atoms with E-state index < -0.39 is 6.03 Å². The van der Waals surface area contributed by atoms with Crippen molar-refractivity contribution in [2.45, 2.75) is 0 Å². The van der Waals surface area contributed by atoms with Gasteiger partial charge in [-0.05, 0) is 24.3 Å². The van der Waals surface area contributed by atoms with Gasteiger partial charge in [0.25, 0.3) is 0 Å². The number of nitrogens with zero attached hydrogens (tertiary/aromatic N) is 2. The van der Waals surface area contributed by atoms with Gasteiger partial charge in [-0.1, -0.05) is 15.9 Å². The SMILES string of the molecule is N#CCN(C(=O)NCl)c1ccc(Br)cc1. The summed E-state index contributed by atoms with van der Waals surface area (Å²) in [6.07, 6.45) is 0. The van der Waals surface area contributed by atoms with Crippen molar-refractivity contribution in [1.29, 1.82) is 5.26 Å². The maximum Gasteiger partial charge on any atom is 0.337 e. The summed E-state index contributed by atoms with van der Waals surface area (Å²) in [5.74, 6) is 0. The molecule has 1 rings (SSSR count). The zero-order chi connectivity index (χ0) is 11.3. The second-order valence-electron chi connectivity index (χ2n) is 2.62. The molecule has 0 spiro atoms. The molecule has 0 atom stereocenters. The smallest absolute Gasteiger partial charge is 0.280 e. The lowest BCUT2D eigenvalue weighted by atomic mass is 10.3. The maximum atomic E-state index is 11.3.